The van der Waals surface area contributed by atoms with Gasteiger partial charge in [-0.15, -0.1) is 0 Å². The van der Waals surface area contributed by atoms with E-state index in [0.29, 0.717) is 32.4 Å². The van der Waals surface area contributed by atoms with Gasteiger partial charge in [0.2, 0.25) is 5.82 Å². The molecular weight excluding hydrogens is 534 g/mol. The van der Waals surface area contributed by atoms with Crippen molar-refractivity contribution in [2.75, 3.05) is 18.8 Å². The normalized spacial score (nSPS) is 28.5. The van der Waals surface area contributed by atoms with E-state index in [1.807, 2.05) is 0 Å². The number of hydrogen-bond acceptors (Lipinski definition) is 11. The Morgan fingerprint density at radius 1 is 1.15 bits per heavy atom. The summed E-state index contributed by atoms with van der Waals surface area (Å²) in [4.78, 5) is 51.2. The van der Waals surface area contributed by atoms with Gasteiger partial charge in [-0.1, -0.05) is 5.92 Å². The van der Waals surface area contributed by atoms with Gasteiger partial charge in [0.1, 0.15) is 17.7 Å². The minimum Gasteiger partial charge on any atom is -0.438 e. The number of aliphatic hydroxyl groups is 2. The maximum Gasteiger partial charge on any atom is 0.410 e. The third kappa shape index (κ3) is 5.70. The Labute approximate surface area is 235 Å². The Morgan fingerprint density at radius 2 is 1.93 bits per heavy atom. The predicted octanol–water partition coefficient (Wildman–Crippen LogP) is 0.0181. The number of rotatable bonds is 5. The number of fused-ring (bicyclic) bond motifs is 1. The van der Waals surface area contributed by atoms with E-state index in [2.05, 4.69) is 32.1 Å². The van der Waals surface area contributed by atoms with Gasteiger partial charge in [0.15, 0.2) is 35.7 Å². The fraction of sp³-hybridized carbons (Fsp3) is 0.630. The van der Waals surface area contributed by atoms with Crippen LogP contribution >= 0.6 is 0 Å². The highest BCUT2D eigenvalue weighted by Gasteiger charge is 2.48. The molecule has 2 aromatic rings. The number of carbonyl (C=O) groups excluding carboxylic acids is 3. The maximum atomic E-state index is 12.5. The number of imidazole rings is 1. The molecule has 2 saturated carbocycles. The van der Waals surface area contributed by atoms with Crippen LogP contribution in [0.2, 0.25) is 0 Å². The Bertz CT molecular complexity index is 1410. The van der Waals surface area contributed by atoms with Gasteiger partial charge in [-0.2, -0.15) is 0 Å². The summed E-state index contributed by atoms with van der Waals surface area (Å²) in [6.07, 6.45) is 0.863. The molecule has 4 fully saturated rings. The molecule has 0 spiro atoms. The number of Topliss-reactive ketones (excluding diaryl/α,β-unsaturated/α-hetero) is 1. The molecule has 14 heteroatoms. The smallest absolute Gasteiger partial charge is 0.410 e. The monoisotopic (exact) mass is 567 g/mol. The average molecular weight is 568 g/mol. The Morgan fingerprint density at radius 3 is 2.63 bits per heavy atom. The number of amides is 2. The molecule has 14 nitrogen and oxygen atoms in total. The molecule has 2 saturated heterocycles. The molecule has 0 bridgehead atoms. The fourth-order valence-corrected chi connectivity index (χ4v) is 5.50. The first kappa shape index (κ1) is 27.4. The predicted molar refractivity (Wildman–Crippen MR) is 142 cm³/mol. The molecule has 218 valence electrons. The van der Waals surface area contributed by atoms with E-state index in [4.69, 9.17) is 15.2 Å². The second-order valence-corrected chi connectivity index (χ2v) is 11.1. The number of ether oxygens (including phenoxy) is 2. The van der Waals surface area contributed by atoms with Crippen molar-refractivity contribution >= 4 is 34.8 Å². The van der Waals surface area contributed by atoms with Crippen LogP contribution in [0.3, 0.4) is 0 Å². The van der Waals surface area contributed by atoms with Crippen LogP contribution in [0.5, 0.6) is 0 Å². The third-order valence-corrected chi connectivity index (χ3v) is 8.10. The number of likely N-dealkylation sites (tertiary alicyclic amines) is 1. The first-order chi connectivity index (χ1) is 19.8. The van der Waals surface area contributed by atoms with E-state index in [1.165, 1.54) is 10.9 Å². The summed E-state index contributed by atoms with van der Waals surface area (Å²) in [7, 11) is 0. The van der Waals surface area contributed by atoms with Crippen LogP contribution in [-0.2, 0) is 19.1 Å². The highest BCUT2D eigenvalue weighted by molar-refractivity contribution is 5.87. The molecule has 41 heavy (non-hydrogen) atoms. The molecule has 5 N–H and O–H groups in total. The third-order valence-electron chi connectivity index (χ3n) is 8.10. The van der Waals surface area contributed by atoms with Crippen LogP contribution in [-0.4, -0.2) is 96.0 Å². The molecule has 0 aromatic carbocycles. The van der Waals surface area contributed by atoms with Crippen LogP contribution in [0.15, 0.2) is 6.33 Å². The van der Waals surface area contributed by atoms with Gasteiger partial charge in [0.25, 0.3) is 5.91 Å². The highest BCUT2D eigenvalue weighted by atomic mass is 16.6. The largest absolute Gasteiger partial charge is 0.438 e. The first-order valence-electron chi connectivity index (χ1n) is 14.1. The minimum atomic E-state index is -1.42. The number of nitrogens with zero attached hydrogens (tertiary/aromatic N) is 5. The molecule has 5 atom stereocenters. The van der Waals surface area contributed by atoms with Gasteiger partial charge in [0.05, 0.1) is 6.33 Å². The molecule has 4 heterocycles. The van der Waals surface area contributed by atoms with E-state index in [-0.39, 0.29) is 40.5 Å². The second kappa shape index (κ2) is 11.2. The van der Waals surface area contributed by atoms with Crippen molar-refractivity contribution in [3.8, 4) is 11.8 Å². The summed E-state index contributed by atoms with van der Waals surface area (Å²) in [5.41, 5.74) is 6.65. The van der Waals surface area contributed by atoms with Gasteiger partial charge >= 0.3 is 6.09 Å². The van der Waals surface area contributed by atoms with Crippen molar-refractivity contribution in [1.82, 2.24) is 29.7 Å². The second-order valence-electron chi connectivity index (χ2n) is 11.1. The van der Waals surface area contributed by atoms with Gasteiger partial charge in [-0.3, -0.25) is 14.2 Å². The maximum absolute atomic E-state index is 12.5. The lowest BCUT2D eigenvalue weighted by Crippen LogP contribution is -2.43. The number of hydrogen-bond donors (Lipinski definition) is 4. The van der Waals surface area contributed by atoms with Gasteiger partial charge < -0.3 is 35.6 Å². The van der Waals surface area contributed by atoms with E-state index < -0.39 is 42.6 Å². The van der Waals surface area contributed by atoms with Crippen LogP contribution in [0, 0.1) is 17.8 Å². The first-order valence-corrected chi connectivity index (χ1v) is 14.1. The zero-order valence-corrected chi connectivity index (χ0v) is 22.4. The Hall–Kier alpha value is -3.80. The van der Waals surface area contributed by atoms with E-state index in [9.17, 15) is 24.6 Å². The number of ketones is 1. The fourth-order valence-electron chi connectivity index (χ4n) is 5.50. The average Bonchev–Trinajstić information content (AvgIpc) is 3.39. The van der Waals surface area contributed by atoms with E-state index >= 15 is 0 Å². The number of aromatic nitrogens is 4. The van der Waals surface area contributed by atoms with Crippen molar-refractivity contribution in [2.45, 2.75) is 88.1 Å². The molecule has 2 unspecified atom stereocenters. The molecular formula is C27H33N7O7. The van der Waals surface area contributed by atoms with E-state index in [1.54, 1.807) is 4.90 Å². The number of nitrogens with two attached hydrogens (primary N) is 1. The van der Waals surface area contributed by atoms with Crippen molar-refractivity contribution in [2.24, 2.45) is 5.92 Å². The molecule has 2 aliphatic carbocycles. The highest BCUT2D eigenvalue weighted by Crippen LogP contribution is 2.33. The van der Waals surface area contributed by atoms with Crippen LogP contribution in [0.1, 0.15) is 63.4 Å². The summed E-state index contributed by atoms with van der Waals surface area (Å²) in [5, 5.41) is 23.9. The summed E-state index contributed by atoms with van der Waals surface area (Å²) in [6.45, 7) is 1.08. The number of nitrogens with one attached hydrogen (secondary N) is 1. The van der Waals surface area contributed by atoms with Gasteiger partial charge in [0, 0.05) is 32.0 Å². The molecule has 2 aromatic heterocycles. The lowest BCUT2D eigenvalue weighted by molar-refractivity contribution is -0.137. The van der Waals surface area contributed by atoms with Crippen molar-refractivity contribution in [3.05, 3.63) is 12.2 Å². The lowest BCUT2D eigenvalue weighted by atomic mass is 9.94. The lowest BCUT2D eigenvalue weighted by Gasteiger charge is -2.31. The summed E-state index contributed by atoms with van der Waals surface area (Å²) in [6, 6.07) is 0.0785. The number of piperidine rings is 1. The zero-order chi connectivity index (χ0) is 28.7. The molecule has 2 amide bonds. The standard InChI is InChI=1S/C27H33N7O7/c28-23-19-24(34(13-29-19)26-21(37)20(36)22(41-26)25(38)30-15-7-8-15)32-18(31-23)6-1-3-14-9-11-33(12-10-14)27(39)40-17-5-2-4-16(17)35/h13-15,17,20-22,26,36-37H,2-5,7-12H2,(H,30,38)(H2,28,31,32)/t17?,20-,21?,22+,26-/m1/s1. The molecule has 4 aliphatic rings. The number of carbonyl (C=O) groups is 3. The minimum absolute atomic E-state index is 0.00221. The zero-order valence-electron chi connectivity index (χ0n) is 22.4. The quantitative estimate of drug-likeness (QED) is 0.356. The van der Waals surface area contributed by atoms with Crippen LogP contribution in [0.4, 0.5) is 10.6 Å². The summed E-state index contributed by atoms with van der Waals surface area (Å²) < 4.78 is 12.6. The number of anilines is 1. The molecule has 2 aliphatic heterocycles. The topological polar surface area (TPSA) is 195 Å². The van der Waals surface area contributed by atoms with Crippen molar-refractivity contribution < 1.29 is 34.1 Å². The van der Waals surface area contributed by atoms with E-state index in [0.717, 1.165) is 32.1 Å². The summed E-state index contributed by atoms with van der Waals surface area (Å²) in [5.74, 6) is 6.10. The molecule has 0 radical (unpaired) electrons. The molecule has 6 rings (SSSR count). The Balaban J connectivity index is 1.08. The summed E-state index contributed by atoms with van der Waals surface area (Å²) >= 11 is 0. The van der Waals surface area contributed by atoms with Gasteiger partial charge in [-0.25, -0.2) is 19.7 Å². The SMILES string of the molecule is Nc1nc(C#CCC2CCN(C(=O)OC3CCCC3=O)CC2)nc2c1ncn2[C@@H]1O[C@H](C(=O)NC2CC2)[C@H](O)C1O. The van der Waals surface area contributed by atoms with Gasteiger partial charge in [-0.05, 0) is 50.4 Å². The van der Waals surface area contributed by atoms with Crippen LogP contribution in [0.25, 0.3) is 11.2 Å². The van der Waals surface area contributed by atoms with Crippen molar-refractivity contribution in [3.63, 3.8) is 0 Å². The number of aliphatic hydroxyl groups excluding tert-OH is 2. The Kier molecular flexibility index (Phi) is 7.50. The van der Waals surface area contributed by atoms with Crippen molar-refractivity contribution in [1.29, 1.82) is 0 Å². The van der Waals surface area contributed by atoms with Crippen LogP contribution < -0.4 is 11.1 Å². The number of nitrogen functional groups attached to an aromatic ring is 1.